The number of rotatable bonds is 5. The second-order valence-corrected chi connectivity index (χ2v) is 5.06. The summed E-state index contributed by atoms with van der Waals surface area (Å²) in [5.41, 5.74) is 7.73. The van der Waals surface area contributed by atoms with Crippen LogP contribution in [0.2, 0.25) is 5.02 Å². The zero-order chi connectivity index (χ0) is 14.5. The summed E-state index contributed by atoms with van der Waals surface area (Å²) in [6.07, 6.45) is 1.04. The fraction of sp³-hybridized carbons (Fsp3) is 0.200. The molecule has 0 radical (unpaired) electrons. The van der Waals surface area contributed by atoms with E-state index in [0.29, 0.717) is 23.4 Å². The van der Waals surface area contributed by atoms with Crippen LogP contribution in [0.1, 0.15) is 11.1 Å². The van der Waals surface area contributed by atoms with Crippen LogP contribution in [-0.4, -0.2) is 11.0 Å². The van der Waals surface area contributed by atoms with Gasteiger partial charge in [0.05, 0.1) is 9.95 Å². The molecule has 2 aromatic rings. The molecule has 0 amide bonds. The van der Waals surface area contributed by atoms with E-state index in [2.05, 4.69) is 0 Å². The molecule has 4 nitrogen and oxygen atoms in total. The molecular weight excluding hydrogens is 276 g/mol. The van der Waals surface area contributed by atoms with Crippen molar-refractivity contribution in [2.24, 2.45) is 5.73 Å². The van der Waals surface area contributed by atoms with Gasteiger partial charge in [-0.2, -0.15) is 0 Å². The van der Waals surface area contributed by atoms with Crippen molar-refractivity contribution < 1.29 is 4.92 Å². The van der Waals surface area contributed by atoms with E-state index in [1.807, 2.05) is 30.3 Å². The van der Waals surface area contributed by atoms with Gasteiger partial charge in [0.15, 0.2) is 0 Å². The van der Waals surface area contributed by atoms with Crippen molar-refractivity contribution in [2.75, 3.05) is 0 Å². The Kier molecular flexibility index (Phi) is 4.71. The first-order valence-electron chi connectivity index (χ1n) is 6.29. The third kappa shape index (κ3) is 3.56. The SMILES string of the molecule is NC(Cc1ccccc1)Cc1c(Cl)cccc1[N+](=O)[O-]. The highest BCUT2D eigenvalue weighted by Gasteiger charge is 2.19. The van der Waals surface area contributed by atoms with Crippen LogP contribution in [0.25, 0.3) is 0 Å². The van der Waals surface area contributed by atoms with Crippen molar-refractivity contribution >= 4 is 17.3 Å². The summed E-state index contributed by atoms with van der Waals surface area (Å²) in [4.78, 5) is 10.6. The summed E-state index contributed by atoms with van der Waals surface area (Å²) in [5, 5.41) is 11.4. The molecule has 2 N–H and O–H groups in total. The van der Waals surface area contributed by atoms with E-state index >= 15 is 0 Å². The average Bonchev–Trinajstić information content (AvgIpc) is 2.42. The van der Waals surface area contributed by atoms with Gasteiger partial charge < -0.3 is 5.73 Å². The molecule has 0 aliphatic rings. The number of hydrogen-bond acceptors (Lipinski definition) is 3. The van der Waals surface area contributed by atoms with E-state index in [-0.39, 0.29) is 11.7 Å². The standard InChI is InChI=1S/C15H15ClN2O2/c16-14-7-4-8-15(18(19)20)13(14)10-12(17)9-11-5-2-1-3-6-11/h1-8,12H,9-10,17H2. The van der Waals surface area contributed by atoms with Crippen LogP contribution in [0.4, 0.5) is 5.69 Å². The fourth-order valence-electron chi connectivity index (χ4n) is 2.17. The third-order valence-corrected chi connectivity index (χ3v) is 3.45. The number of nitrogens with two attached hydrogens (primary N) is 1. The molecule has 5 heteroatoms. The monoisotopic (exact) mass is 290 g/mol. The maximum absolute atomic E-state index is 11.0. The van der Waals surface area contributed by atoms with Gasteiger partial charge in [0, 0.05) is 17.7 Å². The fourth-order valence-corrected chi connectivity index (χ4v) is 2.42. The van der Waals surface area contributed by atoms with Gasteiger partial charge in [-0.1, -0.05) is 48.0 Å². The lowest BCUT2D eigenvalue weighted by atomic mass is 9.98. The molecule has 2 rings (SSSR count). The Hall–Kier alpha value is -1.91. The normalized spacial score (nSPS) is 12.1. The van der Waals surface area contributed by atoms with E-state index in [9.17, 15) is 10.1 Å². The van der Waals surface area contributed by atoms with E-state index in [4.69, 9.17) is 17.3 Å². The Morgan fingerprint density at radius 1 is 1.10 bits per heavy atom. The highest BCUT2D eigenvalue weighted by atomic mass is 35.5. The van der Waals surface area contributed by atoms with E-state index in [1.54, 1.807) is 12.1 Å². The van der Waals surface area contributed by atoms with Crippen molar-refractivity contribution in [3.63, 3.8) is 0 Å². The number of benzene rings is 2. The quantitative estimate of drug-likeness (QED) is 0.678. The second kappa shape index (κ2) is 6.50. The van der Waals surface area contributed by atoms with Crippen molar-refractivity contribution in [3.8, 4) is 0 Å². The van der Waals surface area contributed by atoms with Crippen molar-refractivity contribution in [1.82, 2.24) is 0 Å². The Morgan fingerprint density at radius 3 is 2.45 bits per heavy atom. The number of nitro groups is 1. The number of nitrogens with zero attached hydrogens (tertiary/aromatic N) is 1. The molecule has 104 valence electrons. The zero-order valence-electron chi connectivity index (χ0n) is 10.8. The Bertz CT molecular complexity index is 602. The Morgan fingerprint density at radius 2 is 1.80 bits per heavy atom. The Balaban J connectivity index is 2.15. The lowest BCUT2D eigenvalue weighted by Gasteiger charge is -2.13. The van der Waals surface area contributed by atoms with Gasteiger partial charge in [0.1, 0.15) is 0 Å². The average molecular weight is 291 g/mol. The maximum Gasteiger partial charge on any atom is 0.274 e. The molecule has 0 heterocycles. The minimum atomic E-state index is -0.420. The topological polar surface area (TPSA) is 69.2 Å². The van der Waals surface area contributed by atoms with Crippen LogP contribution >= 0.6 is 11.6 Å². The molecule has 0 spiro atoms. The molecule has 2 aromatic carbocycles. The van der Waals surface area contributed by atoms with E-state index in [0.717, 1.165) is 5.56 Å². The first-order chi connectivity index (χ1) is 9.58. The lowest BCUT2D eigenvalue weighted by Crippen LogP contribution is -2.26. The van der Waals surface area contributed by atoms with Gasteiger partial charge in [-0.3, -0.25) is 10.1 Å². The van der Waals surface area contributed by atoms with Gasteiger partial charge in [0.25, 0.3) is 5.69 Å². The predicted octanol–water partition coefficient (Wildman–Crippen LogP) is 3.36. The van der Waals surface area contributed by atoms with Crippen LogP contribution in [0.3, 0.4) is 0 Å². The molecule has 0 aliphatic carbocycles. The van der Waals surface area contributed by atoms with Gasteiger partial charge in [-0.25, -0.2) is 0 Å². The number of nitro benzene ring substituents is 1. The highest BCUT2D eigenvalue weighted by molar-refractivity contribution is 6.31. The van der Waals surface area contributed by atoms with Gasteiger partial charge in [0.2, 0.25) is 0 Å². The summed E-state index contributed by atoms with van der Waals surface area (Å²) in [7, 11) is 0. The Labute approximate surface area is 122 Å². The molecule has 1 atom stereocenters. The summed E-state index contributed by atoms with van der Waals surface area (Å²) in [6.45, 7) is 0. The van der Waals surface area contributed by atoms with Crippen LogP contribution in [0, 0.1) is 10.1 Å². The van der Waals surface area contributed by atoms with Crippen molar-refractivity contribution in [3.05, 3.63) is 74.8 Å². The van der Waals surface area contributed by atoms with Gasteiger partial charge in [-0.15, -0.1) is 0 Å². The molecular formula is C15H15ClN2O2. The molecule has 20 heavy (non-hydrogen) atoms. The number of halogens is 1. The molecule has 0 aromatic heterocycles. The summed E-state index contributed by atoms with van der Waals surface area (Å²) in [6, 6.07) is 14.3. The minimum Gasteiger partial charge on any atom is -0.327 e. The first kappa shape index (κ1) is 14.5. The molecule has 0 saturated carbocycles. The van der Waals surface area contributed by atoms with Crippen LogP contribution in [0.5, 0.6) is 0 Å². The minimum absolute atomic E-state index is 0.0287. The predicted molar refractivity (Wildman–Crippen MR) is 79.9 cm³/mol. The van der Waals surface area contributed by atoms with E-state index < -0.39 is 4.92 Å². The molecule has 1 unspecified atom stereocenters. The summed E-state index contributed by atoms with van der Waals surface area (Å²) < 4.78 is 0. The second-order valence-electron chi connectivity index (χ2n) is 4.65. The molecule has 0 saturated heterocycles. The van der Waals surface area contributed by atoms with Crippen LogP contribution in [0.15, 0.2) is 48.5 Å². The van der Waals surface area contributed by atoms with Gasteiger partial charge >= 0.3 is 0 Å². The number of hydrogen-bond donors (Lipinski definition) is 1. The molecule has 0 bridgehead atoms. The van der Waals surface area contributed by atoms with Crippen molar-refractivity contribution in [1.29, 1.82) is 0 Å². The third-order valence-electron chi connectivity index (χ3n) is 3.10. The first-order valence-corrected chi connectivity index (χ1v) is 6.67. The highest BCUT2D eigenvalue weighted by Crippen LogP contribution is 2.27. The van der Waals surface area contributed by atoms with E-state index in [1.165, 1.54) is 6.07 Å². The van der Waals surface area contributed by atoms with Crippen molar-refractivity contribution in [2.45, 2.75) is 18.9 Å². The summed E-state index contributed by atoms with van der Waals surface area (Å²) >= 11 is 6.06. The van der Waals surface area contributed by atoms with Crippen LogP contribution in [-0.2, 0) is 12.8 Å². The molecule has 0 fully saturated rings. The largest absolute Gasteiger partial charge is 0.327 e. The zero-order valence-corrected chi connectivity index (χ0v) is 11.6. The lowest BCUT2D eigenvalue weighted by molar-refractivity contribution is -0.385. The van der Waals surface area contributed by atoms with Gasteiger partial charge in [-0.05, 0) is 24.5 Å². The van der Waals surface area contributed by atoms with Crippen LogP contribution < -0.4 is 5.73 Å². The summed E-state index contributed by atoms with van der Waals surface area (Å²) in [5.74, 6) is 0. The maximum atomic E-state index is 11.0. The molecule has 0 aliphatic heterocycles. The smallest absolute Gasteiger partial charge is 0.274 e.